The van der Waals surface area contributed by atoms with Gasteiger partial charge in [-0.1, -0.05) is 29.8 Å². The van der Waals surface area contributed by atoms with Crippen LogP contribution in [-0.2, 0) is 11.2 Å². The quantitative estimate of drug-likeness (QED) is 0.909. The molecule has 3 atom stereocenters. The van der Waals surface area contributed by atoms with Crippen LogP contribution in [0, 0.1) is 6.92 Å². The molecule has 1 N–H and O–H groups in total. The van der Waals surface area contributed by atoms with Crippen LogP contribution in [0.25, 0.3) is 0 Å². The van der Waals surface area contributed by atoms with Crippen molar-refractivity contribution in [2.45, 2.75) is 57.2 Å². The van der Waals surface area contributed by atoms with Gasteiger partial charge in [0.1, 0.15) is 0 Å². The summed E-state index contributed by atoms with van der Waals surface area (Å²) in [5.74, 6) is 0.159. The Bertz CT molecular complexity index is 805. The Morgan fingerprint density at radius 3 is 2.30 bits per heavy atom. The van der Waals surface area contributed by atoms with Crippen LogP contribution in [0.4, 0.5) is 0 Å². The van der Waals surface area contributed by atoms with Crippen molar-refractivity contribution in [3.8, 4) is 0 Å². The third-order valence-corrected chi connectivity index (χ3v) is 5.77. The van der Waals surface area contributed by atoms with Crippen LogP contribution in [0.1, 0.15) is 47.2 Å². The molecule has 2 aromatic rings. The second-order valence-electron chi connectivity index (χ2n) is 7.73. The number of hydrogen-bond donors (Lipinski definition) is 1. The van der Waals surface area contributed by atoms with E-state index in [-0.39, 0.29) is 29.9 Å². The number of rotatable bonds is 4. The molecule has 0 saturated carbocycles. The van der Waals surface area contributed by atoms with Gasteiger partial charge in [-0.2, -0.15) is 0 Å². The fourth-order valence-corrected chi connectivity index (χ4v) is 4.45. The molecular formula is C22H25N3O2. The lowest BCUT2D eigenvalue weighted by molar-refractivity contribution is -0.135. The van der Waals surface area contributed by atoms with E-state index in [1.165, 1.54) is 5.56 Å². The van der Waals surface area contributed by atoms with E-state index in [0.29, 0.717) is 12.0 Å². The Kier molecular flexibility index (Phi) is 4.92. The third kappa shape index (κ3) is 3.87. The predicted molar refractivity (Wildman–Crippen MR) is 103 cm³/mol. The molecule has 3 heterocycles. The van der Waals surface area contributed by atoms with E-state index in [9.17, 15) is 9.59 Å². The predicted octanol–water partition coefficient (Wildman–Crippen LogP) is 2.88. The highest BCUT2D eigenvalue weighted by Crippen LogP contribution is 2.36. The molecule has 2 saturated heterocycles. The highest BCUT2D eigenvalue weighted by molar-refractivity contribution is 5.94. The zero-order valence-electron chi connectivity index (χ0n) is 15.6. The van der Waals surface area contributed by atoms with Crippen molar-refractivity contribution in [2.75, 3.05) is 0 Å². The molecule has 0 aliphatic carbocycles. The van der Waals surface area contributed by atoms with Gasteiger partial charge in [0, 0.05) is 36.1 Å². The van der Waals surface area contributed by atoms with E-state index in [1.54, 1.807) is 24.5 Å². The molecule has 2 amide bonds. The fourth-order valence-electron chi connectivity index (χ4n) is 4.45. The summed E-state index contributed by atoms with van der Waals surface area (Å²) in [6.45, 7) is 2.05. The van der Waals surface area contributed by atoms with E-state index in [1.807, 2.05) is 12.1 Å². The first-order valence-electron chi connectivity index (χ1n) is 9.68. The van der Waals surface area contributed by atoms with E-state index >= 15 is 0 Å². The number of benzene rings is 1. The molecule has 2 aliphatic rings. The first kappa shape index (κ1) is 17.7. The van der Waals surface area contributed by atoms with E-state index in [2.05, 4.69) is 34.3 Å². The van der Waals surface area contributed by atoms with Gasteiger partial charge in [-0.25, -0.2) is 0 Å². The topological polar surface area (TPSA) is 62.3 Å². The molecule has 5 nitrogen and oxygen atoms in total. The van der Waals surface area contributed by atoms with Crippen molar-refractivity contribution in [1.29, 1.82) is 0 Å². The number of carbonyl (C=O) groups is 2. The number of piperidine rings is 1. The maximum absolute atomic E-state index is 12.9. The number of pyridine rings is 1. The number of fused-ring (bicyclic) bond motifs is 2. The third-order valence-electron chi connectivity index (χ3n) is 5.77. The van der Waals surface area contributed by atoms with Crippen LogP contribution in [0.2, 0.25) is 0 Å². The fraction of sp³-hybridized carbons (Fsp3) is 0.409. The number of nitrogens with zero attached hydrogens (tertiary/aromatic N) is 2. The molecule has 0 spiro atoms. The van der Waals surface area contributed by atoms with Crippen molar-refractivity contribution >= 4 is 11.8 Å². The van der Waals surface area contributed by atoms with Gasteiger partial charge in [-0.3, -0.25) is 14.6 Å². The second kappa shape index (κ2) is 7.51. The lowest BCUT2D eigenvalue weighted by Gasteiger charge is -2.39. The minimum atomic E-state index is -0.0544. The van der Waals surface area contributed by atoms with Crippen molar-refractivity contribution in [1.82, 2.24) is 15.2 Å². The monoisotopic (exact) mass is 363 g/mol. The van der Waals surface area contributed by atoms with Crippen LogP contribution in [0.15, 0.2) is 48.8 Å². The Morgan fingerprint density at radius 1 is 1.04 bits per heavy atom. The largest absolute Gasteiger partial charge is 0.349 e. The number of hydrogen-bond acceptors (Lipinski definition) is 3. The molecule has 0 radical (unpaired) electrons. The molecule has 2 bridgehead atoms. The Morgan fingerprint density at radius 2 is 1.67 bits per heavy atom. The summed E-state index contributed by atoms with van der Waals surface area (Å²) in [6.07, 6.45) is 7.47. The summed E-state index contributed by atoms with van der Waals surface area (Å²) in [5.41, 5.74) is 2.91. The summed E-state index contributed by atoms with van der Waals surface area (Å²) >= 11 is 0. The van der Waals surface area contributed by atoms with Gasteiger partial charge < -0.3 is 10.2 Å². The zero-order chi connectivity index (χ0) is 18.8. The number of amides is 2. The molecule has 1 aromatic heterocycles. The van der Waals surface area contributed by atoms with E-state index < -0.39 is 0 Å². The van der Waals surface area contributed by atoms with Crippen molar-refractivity contribution < 1.29 is 9.59 Å². The molecule has 2 fully saturated rings. The maximum atomic E-state index is 12.9. The molecule has 1 unspecified atom stereocenters. The zero-order valence-corrected chi connectivity index (χ0v) is 15.6. The number of carbonyl (C=O) groups excluding carboxylic acids is 2. The summed E-state index contributed by atoms with van der Waals surface area (Å²) < 4.78 is 0. The van der Waals surface area contributed by atoms with Crippen molar-refractivity contribution in [3.05, 3.63) is 65.5 Å². The van der Waals surface area contributed by atoms with Gasteiger partial charge in [-0.05, 0) is 50.3 Å². The smallest absolute Gasteiger partial charge is 0.251 e. The van der Waals surface area contributed by atoms with Gasteiger partial charge >= 0.3 is 0 Å². The van der Waals surface area contributed by atoms with Crippen LogP contribution in [0.3, 0.4) is 0 Å². The lowest BCUT2D eigenvalue weighted by atomic mass is 9.96. The molecule has 5 heteroatoms. The molecule has 27 heavy (non-hydrogen) atoms. The average molecular weight is 363 g/mol. The minimum absolute atomic E-state index is 0.0544. The molecule has 4 rings (SSSR count). The molecule has 2 aliphatic heterocycles. The number of aryl methyl sites for hydroxylation is 1. The second-order valence-corrected chi connectivity index (χ2v) is 7.73. The van der Waals surface area contributed by atoms with Crippen molar-refractivity contribution in [3.63, 3.8) is 0 Å². The van der Waals surface area contributed by atoms with Gasteiger partial charge in [0.05, 0.1) is 6.42 Å². The molecular weight excluding hydrogens is 338 g/mol. The summed E-state index contributed by atoms with van der Waals surface area (Å²) in [5, 5.41) is 3.15. The van der Waals surface area contributed by atoms with Gasteiger partial charge in [0.2, 0.25) is 5.91 Å². The Hall–Kier alpha value is -2.69. The minimum Gasteiger partial charge on any atom is -0.349 e. The lowest BCUT2D eigenvalue weighted by Crippen LogP contribution is -2.52. The Balaban J connectivity index is 1.38. The molecule has 140 valence electrons. The van der Waals surface area contributed by atoms with E-state index in [4.69, 9.17) is 0 Å². The highest BCUT2D eigenvalue weighted by atomic mass is 16.2. The van der Waals surface area contributed by atoms with Crippen LogP contribution >= 0.6 is 0 Å². The first-order valence-corrected chi connectivity index (χ1v) is 9.68. The number of aromatic nitrogens is 1. The van der Waals surface area contributed by atoms with Crippen LogP contribution < -0.4 is 5.32 Å². The van der Waals surface area contributed by atoms with E-state index in [0.717, 1.165) is 31.2 Å². The number of nitrogens with one attached hydrogen (secondary N) is 1. The van der Waals surface area contributed by atoms with Gasteiger partial charge in [0.25, 0.3) is 5.91 Å². The molecule has 1 aromatic carbocycles. The summed E-state index contributed by atoms with van der Waals surface area (Å²) in [6, 6.07) is 12.2. The summed E-state index contributed by atoms with van der Waals surface area (Å²) in [7, 11) is 0. The summed E-state index contributed by atoms with van der Waals surface area (Å²) in [4.78, 5) is 31.4. The SMILES string of the molecule is Cc1ccc(CC(=O)N2[C@@H]3CC[C@H]2CC(NC(=O)c2ccncc2)C3)cc1. The van der Waals surface area contributed by atoms with Crippen molar-refractivity contribution in [2.24, 2.45) is 0 Å². The first-order chi connectivity index (χ1) is 13.1. The Labute approximate surface area is 159 Å². The standard InChI is InChI=1S/C22H25N3O2/c1-15-2-4-16(5-3-15)12-21(26)25-19-6-7-20(25)14-18(13-19)24-22(27)17-8-10-23-11-9-17/h2-5,8-11,18-20H,6-7,12-14H2,1H3,(H,24,27)/t18?,19-,20+. The average Bonchev–Trinajstić information content (AvgIpc) is 2.95. The van der Waals surface area contributed by atoms with Gasteiger partial charge in [0.15, 0.2) is 0 Å². The maximum Gasteiger partial charge on any atom is 0.251 e. The van der Waals surface area contributed by atoms with Crippen LogP contribution in [-0.4, -0.2) is 39.8 Å². The highest BCUT2D eigenvalue weighted by Gasteiger charge is 2.43. The van der Waals surface area contributed by atoms with Crippen LogP contribution in [0.5, 0.6) is 0 Å². The normalized spacial score (nSPS) is 23.9. The van der Waals surface area contributed by atoms with Gasteiger partial charge in [-0.15, -0.1) is 0 Å².